The predicted octanol–water partition coefficient (Wildman–Crippen LogP) is 5.08. The highest BCUT2D eigenvalue weighted by Crippen LogP contribution is 2.26. The van der Waals surface area contributed by atoms with Gasteiger partial charge in [-0.1, -0.05) is 66.9 Å². The molecule has 0 bridgehead atoms. The average Bonchev–Trinajstić information content (AvgIpc) is 3.45. The van der Waals surface area contributed by atoms with Crippen LogP contribution in [-0.4, -0.2) is 50.0 Å². The summed E-state index contributed by atoms with van der Waals surface area (Å²) < 4.78 is 54.0. The summed E-state index contributed by atoms with van der Waals surface area (Å²) in [7, 11) is -4.02. The van der Waals surface area contributed by atoms with E-state index in [-0.39, 0.29) is 35.6 Å². The number of benzene rings is 3. The molecule has 1 saturated carbocycles. The van der Waals surface area contributed by atoms with Crippen molar-refractivity contribution in [2.24, 2.45) is 0 Å². The molecule has 1 N–H and O–H groups in total. The van der Waals surface area contributed by atoms with Crippen molar-refractivity contribution in [1.82, 2.24) is 10.2 Å². The monoisotopic (exact) mass is 603 g/mol. The fraction of sp³-hybridized carbons (Fsp3) is 0.333. The number of carbonyl (C=O) groups excluding carboxylic acids is 2. The lowest BCUT2D eigenvalue weighted by molar-refractivity contribution is -0.140. The van der Waals surface area contributed by atoms with Crippen LogP contribution < -0.4 is 9.62 Å². The normalized spacial score (nSPS) is 14.4. The van der Waals surface area contributed by atoms with Crippen molar-refractivity contribution in [2.75, 3.05) is 17.1 Å². The molecule has 0 saturated heterocycles. The second-order valence-corrected chi connectivity index (χ2v) is 12.5. The summed E-state index contributed by atoms with van der Waals surface area (Å²) in [5.74, 6) is -2.21. The molecule has 1 atom stereocenters. The van der Waals surface area contributed by atoms with Crippen LogP contribution >= 0.6 is 11.6 Å². The lowest BCUT2D eigenvalue weighted by Gasteiger charge is -2.34. The number of halogens is 3. The molecule has 1 fully saturated rings. The molecule has 0 aromatic heterocycles. The lowest BCUT2D eigenvalue weighted by Crippen LogP contribution is -2.54. The molecule has 7 nitrogen and oxygen atoms in total. The first-order chi connectivity index (χ1) is 19.5. The van der Waals surface area contributed by atoms with Crippen LogP contribution in [0, 0.1) is 11.6 Å². The van der Waals surface area contributed by atoms with Crippen LogP contribution in [0.25, 0.3) is 0 Å². The number of hydrogen-bond donors (Lipinski definition) is 1. The Kier molecular flexibility index (Phi) is 9.99. The Bertz CT molecular complexity index is 1470. The molecule has 11 heteroatoms. The number of carbonyl (C=O) groups is 2. The van der Waals surface area contributed by atoms with Crippen molar-refractivity contribution in [2.45, 2.75) is 50.7 Å². The SMILES string of the molecule is CS(=O)(=O)N(CC(=O)N(Cc1ccc(F)cc1)[C@@H](Cc1ccccc1)C(=O)NC1CCCC1)c1ccc(F)c(Cl)c1. The first-order valence-electron chi connectivity index (χ1n) is 13.3. The van der Waals surface area contributed by atoms with Gasteiger partial charge in [0.25, 0.3) is 0 Å². The molecule has 1 aliphatic rings. The number of nitrogens with zero attached hydrogens (tertiary/aromatic N) is 2. The van der Waals surface area contributed by atoms with E-state index in [0.717, 1.165) is 53.9 Å². The molecular weight excluding hydrogens is 572 g/mol. The zero-order valence-electron chi connectivity index (χ0n) is 22.6. The van der Waals surface area contributed by atoms with Crippen molar-refractivity contribution in [1.29, 1.82) is 0 Å². The van der Waals surface area contributed by atoms with Crippen LogP contribution in [0.5, 0.6) is 0 Å². The van der Waals surface area contributed by atoms with E-state index in [1.54, 1.807) is 0 Å². The van der Waals surface area contributed by atoms with Gasteiger partial charge < -0.3 is 10.2 Å². The number of hydrogen-bond acceptors (Lipinski definition) is 4. The highest BCUT2D eigenvalue weighted by molar-refractivity contribution is 7.92. The molecule has 4 rings (SSSR count). The maximum atomic E-state index is 14.0. The van der Waals surface area contributed by atoms with Crippen molar-refractivity contribution in [3.05, 3.63) is 101 Å². The summed E-state index contributed by atoms with van der Waals surface area (Å²) in [6.45, 7) is -0.736. The molecule has 1 aliphatic carbocycles. The van der Waals surface area contributed by atoms with Crippen LogP contribution in [0.15, 0.2) is 72.8 Å². The summed E-state index contributed by atoms with van der Waals surface area (Å²) in [5.41, 5.74) is 1.37. The molecule has 0 heterocycles. The Labute approximate surface area is 244 Å². The van der Waals surface area contributed by atoms with Gasteiger partial charge in [-0.2, -0.15) is 0 Å². The summed E-state index contributed by atoms with van der Waals surface area (Å²) in [4.78, 5) is 29.1. The number of anilines is 1. The van der Waals surface area contributed by atoms with Gasteiger partial charge in [-0.3, -0.25) is 13.9 Å². The van der Waals surface area contributed by atoms with Crippen LogP contribution in [0.2, 0.25) is 5.02 Å². The van der Waals surface area contributed by atoms with E-state index < -0.39 is 40.2 Å². The molecule has 2 amide bonds. The van der Waals surface area contributed by atoms with Gasteiger partial charge in [-0.25, -0.2) is 17.2 Å². The predicted molar refractivity (Wildman–Crippen MR) is 155 cm³/mol. The zero-order valence-corrected chi connectivity index (χ0v) is 24.2. The van der Waals surface area contributed by atoms with E-state index in [0.29, 0.717) is 5.56 Å². The van der Waals surface area contributed by atoms with Crippen molar-refractivity contribution < 1.29 is 26.8 Å². The van der Waals surface area contributed by atoms with Gasteiger partial charge in [0, 0.05) is 19.0 Å². The lowest BCUT2D eigenvalue weighted by atomic mass is 10.0. The standard InChI is InChI=1S/C30H32ClF2N3O4S/c1-41(39,40)36(25-15-16-27(33)26(31)18-25)20-29(37)35(19-22-11-13-23(32)14-12-22)28(17-21-7-3-2-4-8-21)30(38)34-24-9-5-6-10-24/h2-4,7-8,11-16,18,24,28H,5-6,9-10,17,19-20H2,1H3,(H,34,38)/t28-/m0/s1. The minimum atomic E-state index is -4.02. The third-order valence-electron chi connectivity index (χ3n) is 7.11. The van der Waals surface area contributed by atoms with Crippen molar-refractivity contribution in [3.63, 3.8) is 0 Å². The Morgan fingerprint density at radius 3 is 2.24 bits per heavy atom. The second-order valence-electron chi connectivity index (χ2n) is 10.2. The Hall–Kier alpha value is -3.50. The molecular formula is C30H32ClF2N3O4S. The van der Waals surface area contributed by atoms with E-state index >= 15 is 0 Å². The smallest absolute Gasteiger partial charge is 0.244 e. The van der Waals surface area contributed by atoms with E-state index in [9.17, 15) is 26.8 Å². The van der Waals surface area contributed by atoms with Gasteiger partial charge in [0.1, 0.15) is 24.2 Å². The van der Waals surface area contributed by atoms with Gasteiger partial charge in [-0.05, 0) is 54.3 Å². The quantitative estimate of drug-likeness (QED) is 0.331. The summed E-state index contributed by atoms with van der Waals surface area (Å²) in [6, 6.07) is 17.1. The fourth-order valence-corrected chi connectivity index (χ4v) is 5.98. The van der Waals surface area contributed by atoms with Crippen molar-refractivity contribution in [3.8, 4) is 0 Å². The fourth-order valence-electron chi connectivity index (χ4n) is 4.96. The summed E-state index contributed by atoms with van der Waals surface area (Å²) >= 11 is 5.92. The molecule has 0 radical (unpaired) electrons. The number of rotatable bonds is 11. The summed E-state index contributed by atoms with van der Waals surface area (Å²) in [6.07, 6.45) is 4.77. The van der Waals surface area contributed by atoms with Crippen LogP contribution in [-0.2, 0) is 32.6 Å². The largest absolute Gasteiger partial charge is 0.352 e. The third kappa shape index (κ3) is 8.27. The average molecular weight is 604 g/mol. The van der Waals surface area contributed by atoms with Gasteiger partial charge in [0.05, 0.1) is 17.0 Å². The van der Waals surface area contributed by atoms with E-state index in [4.69, 9.17) is 11.6 Å². The minimum absolute atomic E-state index is 0.00370. The van der Waals surface area contributed by atoms with Gasteiger partial charge >= 0.3 is 0 Å². The molecule has 3 aromatic carbocycles. The van der Waals surface area contributed by atoms with Gasteiger partial charge in [0.15, 0.2) is 0 Å². The first kappa shape index (κ1) is 30.5. The molecule has 3 aromatic rings. The highest BCUT2D eigenvalue weighted by atomic mass is 35.5. The van der Waals surface area contributed by atoms with Gasteiger partial charge in [-0.15, -0.1) is 0 Å². The Morgan fingerprint density at radius 2 is 1.63 bits per heavy atom. The molecule has 0 aliphatic heterocycles. The second kappa shape index (κ2) is 13.4. The first-order valence-corrected chi connectivity index (χ1v) is 15.5. The zero-order chi connectivity index (χ0) is 29.6. The maximum absolute atomic E-state index is 14.0. The molecule has 0 spiro atoms. The highest BCUT2D eigenvalue weighted by Gasteiger charge is 2.34. The van der Waals surface area contributed by atoms with Crippen molar-refractivity contribution >= 4 is 39.1 Å². The molecule has 218 valence electrons. The molecule has 0 unspecified atom stereocenters. The molecule has 41 heavy (non-hydrogen) atoms. The number of sulfonamides is 1. The Balaban J connectivity index is 1.72. The summed E-state index contributed by atoms with van der Waals surface area (Å²) in [5, 5.41) is 2.77. The van der Waals surface area contributed by atoms with E-state index in [2.05, 4.69) is 5.32 Å². The van der Waals surface area contributed by atoms with E-state index in [1.165, 1.54) is 35.2 Å². The third-order valence-corrected chi connectivity index (χ3v) is 8.54. The number of amides is 2. The van der Waals surface area contributed by atoms with Crippen LogP contribution in [0.1, 0.15) is 36.8 Å². The van der Waals surface area contributed by atoms with Crippen LogP contribution in [0.3, 0.4) is 0 Å². The Morgan fingerprint density at radius 1 is 0.976 bits per heavy atom. The minimum Gasteiger partial charge on any atom is -0.352 e. The van der Waals surface area contributed by atoms with Crippen LogP contribution in [0.4, 0.5) is 14.5 Å². The number of nitrogens with one attached hydrogen (secondary N) is 1. The maximum Gasteiger partial charge on any atom is 0.244 e. The van der Waals surface area contributed by atoms with Gasteiger partial charge in [0.2, 0.25) is 21.8 Å². The van der Waals surface area contributed by atoms with E-state index in [1.807, 2.05) is 30.3 Å². The topological polar surface area (TPSA) is 86.8 Å².